The van der Waals surface area contributed by atoms with Gasteiger partial charge in [0, 0.05) is 0 Å². The van der Waals surface area contributed by atoms with E-state index >= 15 is 0 Å². The first kappa shape index (κ1) is 10.5. The van der Waals surface area contributed by atoms with Gasteiger partial charge in [0.25, 0.3) is 0 Å². The van der Waals surface area contributed by atoms with Crippen LogP contribution in [0.4, 0.5) is 4.39 Å². The topological polar surface area (TPSA) is 57.5 Å². The molecule has 0 unspecified atom stereocenters. The second kappa shape index (κ2) is 3.63. The number of carboxylic acids is 1. The summed E-state index contributed by atoms with van der Waals surface area (Å²) < 4.78 is 12.9. The smallest absolute Gasteiger partial charge is 0.339 e. The van der Waals surface area contributed by atoms with Crippen molar-refractivity contribution in [1.82, 2.24) is 0 Å². The molecule has 3 nitrogen and oxygen atoms in total. The molecular formula is C7H3Br2FO3. The van der Waals surface area contributed by atoms with E-state index in [9.17, 15) is 14.3 Å². The molecule has 0 bridgehead atoms. The fraction of sp³-hybridized carbons (Fsp3) is 0. The lowest BCUT2D eigenvalue weighted by molar-refractivity contribution is 0.0693. The van der Waals surface area contributed by atoms with Gasteiger partial charge in [-0.15, -0.1) is 0 Å². The molecule has 0 saturated carbocycles. The van der Waals surface area contributed by atoms with Crippen LogP contribution in [0.2, 0.25) is 0 Å². The summed E-state index contributed by atoms with van der Waals surface area (Å²) in [7, 11) is 0. The lowest BCUT2D eigenvalue weighted by Crippen LogP contribution is -1.99. The first-order valence-electron chi connectivity index (χ1n) is 3.05. The number of carboxylic acid groups (broad SMARTS) is 1. The Morgan fingerprint density at radius 3 is 2.38 bits per heavy atom. The molecule has 1 rings (SSSR count). The van der Waals surface area contributed by atoms with Crippen LogP contribution in [0.5, 0.6) is 5.75 Å². The van der Waals surface area contributed by atoms with Crippen molar-refractivity contribution in [2.75, 3.05) is 0 Å². The first-order chi connectivity index (χ1) is 5.95. The normalized spacial score (nSPS) is 10.1. The molecule has 0 aromatic heterocycles. The Labute approximate surface area is 89.4 Å². The maximum atomic E-state index is 12.9. The number of aromatic hydroxyl groups is 1. The van der Waals surface area contributed by atoms with Crippen LogP contribution in [0.25, 0.3) is 0 Å². The number of halogens is 3. The predicted octanol–water partition coefficient (Wildman–Crippen LogP) is 2.75. The van der Waals surface area contributed by atoms with E-state index in [0.29, 0.717) is 0 Å². The molecule has 13 heavy (non-hydrogen) atoms. The number of carbonyl (C=O) groups is 1. The Bertz CT molecular complexity index is 378. The lowest BCUT2D eigenvalue weighted by Gasteiger charge is -2.04. The fourth-order valence-corrected chi connectivity index (χ4v) is 1.45. The molecule has 0 atom stereocenters. The number of aromatic carboxylic acids is 1. The molecule has 0 amide bonds. The van der Waals surface area contributed by atoms with Crippen molar-refractivity contribution < 1.29 is 19.4 Å². The third-order valence-electron chi connectivity index (χ3n) is 1.37. The molecule has 1 aromatic carbocycles. The van der Waals surface area contributed by atoms with Crippen molar-refractivity contribution in [3.8, 4) is 5.75 Å². The minimum atomic E-state index is -1.38. The van der Waals surface area contributed by atoms with E-state index in [1.165, 1.54) is 0 Å². The van der Waals surface area contributed by atoms with E-state index in [1.54, 1.807) is 0 Å². The van der Waals surface area contributed by atoms with Crippen LogP contribution in [-0.2, 0) is 0 Å². The van der Waals surface area contributed by atoms with E-state index in [2.05, 4.69) is 31.9 Å². The van der Waals surface area contributed by atoms with Gasteiger partial charge in [0.05, 0.1) is 8.95 Å². The number of hydrogen-bond donors (Lipinski definition) is 2. The summed E-state index contributed by atoms with van der Waals surface area (Å²) in [6.07, 6.45) is 0. The Hall–Kier alpha value is -0.620. The highest BCUT2D eigenvalue weighted by atomic mass is 79.9. The Morgan fingerprint density at radius 2 is 1.92 bits per heavy atom. The summed E-state index contributed by atoms with van der Waals surface area (Å²) in [4.78, 5) is 10.5. The predicted molar refractivity (Wildman–Crippen MR) is 50.4 cm³/mol. The van der Waals surface area contributed by atoms with Crippen LogP contribution in [0.3, 0.4) is 0 Å². The molecule has 0 heterocycles. The quantitative estimate of drug-likeness (QED) is 0.784. The summed E-state index contributed by atoms with van der Waals surface area (Å²) >= 11 is 5.69. The van der Waals surface area contributed by atoms with Crippen molar-refractivity contribution in [2.45, 2.75) is 0 Å². The van der Waals surface area contributed by atoms with Crippen LogP contribution < -0.4 is 0 Å². The van der Waals surface area contributed by atoms with Gasteiger partial charge in [-0.25, -0.2) is 9.18 Å². The number of phenols is 1. The molecular weight excluding hydrogens is 311 g/mol. The third kappa shape index (κ3) is 1.83. The highest BCUT2D eigenvalue weighted by molar-refractivity contribution is 9.13. The van der Waals surface area contributed by atoms with Crippen molar-refractivity contribution in [1.29, 1.82) is 0 Å². The molecule has 0 aliphatic heterocycles. The number of rotatable bonds is 1. The number of hydrogen-bond acceptors (Lipinski definition) is 2. The fourth-order valence-electron chi connectivity index (χ4n) is 0.748. The Kier molecular flexibility index (Phi) is 2.92. The maximum absolute atomic E-state index is 12.9. The summed E-state index contributed by atoms with van der Waals surface area (Å²) in [6.45, 7) is 0. The molecule has 1 aromatic rings. The van der Waals surface area contributed by atoms with Crippen LogP contribution in [0.1, 0.15) is 10.4 Å². The molecule has 0 aliphatic carbocycles. The molecule has 0 radical (unpaired) electrons. The van der Waals surface area contributed by atoms with Crippen LogP contribution in [0, 0.1) is 5.82 Å². The number of benzene rings is 1. The summed E-state index contributed by atoms with van der Waals surface area (Å²) in [6, 6.07) is 0.743. The van der Waals surface area contributed by atoms with E-state index in [1.807, 2.05) is 0 Å². The van der Waals surface area contributed by atoms with Crippen LogP contribution >= 0.6 is 31.9 Å². The minimum absolute atomic E-state index is 0.00463. The second-order valence-electron chi connectivity index (χ2n) is 2.19. The Morgan fingerprint density at radius 1 is 1.38 bits per heavy atom. The average molecular weight is 314 g/mol. The molecule has 0 spiro atoms. The van der Waals surface area contributed by atoms with Gasteiger partial charge < -0.3 is 10.2 Å². The maximum Gasteiger partial charge on any atom is 0.339 e. The van der Waals surface area contributed by atoms with E-state index in [4.69, 9.17) is 5.11 Å². The van der Waals surface area contributed by atoms with E-state index in [-0.39, 0.29) is 8.95 Å². The summed E-state index contributed by atoms with van der Waals surface area (Å²) in [5.74, 6) is -2.63. The molecule has 0 saturated heterocycles. The molecule has 0 aliphatic rings. The van der Waals surface area contributed by atoms with E-state index < -0.39 is 23.1 Å². The van der Waals surface area contributed by atoms with Gasteiger partial charge in [0.15, 0.2) is 0 Å². The average Bonchev–Trinajstić information content (AvgIpc) is 2.07. The van der Waals surface area contributed by atoms with Gasteiger partial charge in [0.2, 0.25) is 0 Å². The Balaban J connectivity index is 3.50. The van der Waals surface area contributed by atoms with Gasteiger partial charge in [-0.1, -0.05) is 0 Å². The second-order valence-corrected chi connectivity index (χ2v) is 3.77. The highest BCUT2D eigenvalue weighted by Crippen LogP contribution is 2.36. The molecule has 6 heteroatoms. The zero-order valence-corrected chi connectivity index (χ0v) is 9.19. The van der Waals surface area contributed by atoms with Crippen LogP contribution in [-0.4, -0.2) is 16.2 Å². The summed E-state index contributed by atoms with van der Waals surface area (Å²) in [5, 5.41) is 17.8. The van der Waals surface area contributed by atoms with Gasteiger partial charge in [-0.3, -0.25) is 0 Å². The van der Waals surface area contributed by atoms with Crippen LogP contribution in [0.15, 0.2) is 15.0 Å². The SMILES string of the molecule is O=C(O)c1cc(F)c(Br)c(Br)c1O. The van der Waals surface area contributed by atoms with Gasteiger partial charge in [-0.05, 0) is 37.9 Å². The highest BCUT2D eigenvalue weighted by Gasteiger charge is 2.18. The first-order valence-corrected chi connectivity index (χ1v) is 4.63. The molecule has 2 N–H and O–H groups in total. The van der Waals surface area contributed by atoms with Gasteiger partial charge in [-0.2, -0.15) is 0 Å². The lowest BCUT2D eigenvalue weighted by atomic mass is 10.2. The third-order valence-corrected chi connectivity index (χ3v) is 3.45. The zero-order valence-electron chi connectivity index (χ0n) is 6.01. The summed E-state index contributed by atoms with van der Waals surface area (Å²) in [5.41, 5.74) is -0.479. The van der Waals surface area contributed by atoms with Crippen molar-refractivity contribution in [3.63, 3.8) is 0 Å². The largest absolute Gasteiger partial charge is 0.506 e. The monoisotopic (exact) mass is 312 g/mol. The van der Waals surface area contributed by atoms with Gasteiger partial charge in [0.1, 0.15) is 17.1 Å². The molecule has 0 fully saturated rings. The standard InChI is InChI=1S/C7H3Br2FO3/c8-4-3(10)1-2(7(12)13)6(11)5(4)9/h1,11H,(H,12,13). The zero-order chi connectivity index (χ0) is 10.2. The van der Waals surface area contributed by atoms with E-state index in [0.717, 1.165) is 6.07 Å². The van der Waals surface area contributed by atoms with Crippen molar-refractivity contribution >= 4 is 37.8 Å². The van der Waals surface area contributed by atoms with Crippen molar-refractivity contribution in [3.05, 3.63) is 26.4 Å². The molecule has 70 valence electrons. The van der Waals surface area contributed by atoms with Gasteiger partial charge >= 0.3 is 5.97 Å². The minimum Gasteiger partial charge on any atom is -0.506 e. The van der Waals surface area contributed by atoms with Crippen molar-refractivity contribution in [2.24, 2.45) is 0 Å².